The van der Waals surface area contributed by atoms with Crippen LogP contribution in [-0.2, 0) is 5.82 Å². The van der Waals surface area contributed by atoms with E-state index in [0.717, 1.165) is 0 Å². The molecule has 1 aromatic rings. The molecule has 0 unspecified atom stereocenters. The quantitative estimate of drug-likeness (QED) is 0.363. The minimum atomic E-state index is -3.52. The van der Waals surface area contributed by atoms with Crippen LogP contribution >= 0.6 is 0 Å². The van der Waals surface area contributed by atoms with Gasteiger partial charge in [0.1, 0.15) is 0 Å². The average molecular weight is 194 g/mol. The van der Waals surface area contributed by atoms with E-state index in [1.165, 1.54) is 0 Å². The Balaban J connectivity index is 3.35. The summed E-state index contributed by atoms with van der Waals surface area (Å²) in [5.74, 6) is -8.71. The molecule has 0 aliphatic heterocycles. The maximum atomic E-state index is 12.7. The molecule has 0 saturated heterocycles. The third-order valence-electron chi connectivity index (χ3n) is 1.51. The maximum Gasteiger partial charge on any atom is 0.233 e. The Kier molecular flexibility index (Phi) is 2.32. The summed E-state index contributed by atoms with van der Waals surface area (Å²) in [6, 6.07) is 0.985. The van der Waals surface area contributed by atoms with Crippen LogP contribution in [0, 0.1) is 17.5 Å². The van der Waals surface area contributed by atoms with Gasteiger partial charge in [0.05, 0.1) is 0 Å². The van der Waals surface area contributed by atoms with Crippen molar-refractivity contribution in [3.63, 3.8) is 0 Å². The van der Waals surface area contributed by atoms with Gasteiger partial charge in [-0.1, -0.05) is 0 Å². The van der Waals surface area contributed by atoms with Crippen molar-refractivity contribution in [2.75, 3.05) is 0 Å². The molecule has 0 fully saturated rings. The van der Waals surface area contributed by atoms with Crippen LogP contribution in [0.5, 0.6) is 0 Å². The fraction of sp³-hybridized carbons (Fsp3) is 0.143. The van der Waals surface area contributed by atoms with Crippen LogP contribution in [0.4, 0.5) is 22.0 Å². The monoisotopic (exact) mass is 194 g/mol. The van der Waals surface area contributed by atoms with Gasteiger partial charge in [0, 0.05) is 5.56 Å². The fourth-order valence-corrected chi connectivity index (χ4v) is 0.865. The van der Waals surface area contributed by atoms with Gasteiger partial charge in [-0.25, -0.2) is 22.0 Å². The molecule has 0 bridgehead atoms. The fourth-order valence-electron chi connectivity index (χ4n) is 0.865. The van der Waals surface area contributed by atoms with E-state index >= 15 is 0 Å². The molecule has 0 N–H and O–H groups in total. The van der Waals surface area contributed by atoms with Gasteiger partial charge in [0.25, 0.3) is 0 Å². The smallest absolute Gasteiger partial charge is 0.213 e. The van der Waals surface area contributed by atoms with Gasteiger partial charge in [-0.3, -0.25) is 0 Å². The second-order valence-corrected chi connectivity index (χ2v) is 2.61. The van der Waals surface area contributed by atoms with Gasteiger partial charge in [-0.05, 0) is 12.1 Å². The largest absolute Gasteiger partial charge is 0.233 e. The predicted octanol–water partition coefficient (Wildman–Crippen LogP) is 1.79. The molecule has 0 spiro atoms. The number of halogens is 5. The van der Waals surface area contributed by atoms with Gasteiger partial charge in [0.2, 0.25) is 5.82 Å². The normalized spacial score (nSPS) is 11.8. The number of alkyl halides is 2. The predicted molar refractivity (Wildman–Crippen MR) is 38.8 cm³/mol. The van der Waals surface area contributed by atoms with Crippen molar-refractivity contribution in [3.05, 3.63) is 35.1 Å². The zero-order valence-corrected chi connectivity index (χ0v) is 6.54. The van der Waals surface area contributed by atoms with E-state index in [1.807, 2.05) is 0 Å². The second kappa shape index (κ2) is 3.01. The van der Waals surface area contributed by atoms with Crippen molar-refractivity contribution < 1.29 is 22.0 Å². The van der Waals surface area contributed by atoms with Crippen molar-refractivity contribution in [2.45, 2.75) is 5.82 Å². The standard InChI is InChI=1S/C7H4BF5/c8-7(12,13)3-1-2-4(9)6(11)5(3)10/h1-2H,8H2. The SMILES string of the molecule is BC(F)(F)c1ccc(F)c(F)c1F. The molecular formula is C7H4BF5. The van der Waals surface area contributed by atoms with Gasteiger partial charge >= 0.3 is 0 Å². The molecule has 70 valence electrons. The average Bonchev–Trinajstić information content (AvgIpc) is 1.98. The van der Waals surface area contributed by atoms with Gasteiger partial charge in [0.15, 0.2) is 25.3 Å². The minimum absolute atomic E-state index is 0.406. The van der Waals surface area contributed by atoms with Crippen molar-refractivity contribution in [2.24, 2.45) is 0 Å². The first-order valence-electron chi connectivity index (χ1n) is 3.36. The Morgan fingerprint density at radius 1 is 1.00 bits per heavy atom. The van der Waals surface area contributed by atoms with Crippen LogP contribution in [0.15, 0.2) is 12.1 Å². The Labute approximate surface area is 71.8 Å². The molecular weight excluding hydrogens is 190 g/mol. The first-order chi connectivity index (χ1) is 5.84. The third-order valence-corrected chi connectivity index (χ3v) is 1.51. The highest BCUT2D eigenvalue weighted by Gasteiger charge is 2.30. The molecule has 0 atom stereocenters. The first-order valence-corrected chi connectivity index (χ1v) is 3.36. The van der Waals surface area contributed by atoms with Crippen molar-refractivity contribution in [1.29, 1.82) is 0 Å². The highest BCUT2D eigenvalue weighted by atomic mass is 19.3. The van der Waals surface area contributed by atoms with Crippen molar-refractivity contribution >= 4 is 7.85 Å². The Hall–Kier alpha value is -1.07. The van der Waals surface area contributed by atoms with Crippen LogP contribution in [0.25, 0.3) is 0 Å². The van der Waals surface area contributed by atoms with E-state index in [9.17, 15) is 22.0 Å². The molecule has 1 aromatic carbocycles. The molecule has 0 nitrogen and oxygen atoms in total. The lowest BCUT2D eigenvalue weighted by Gasteiger charge is -2.11. The van der Waals surface area contributed by atoms with Crippen LogP contribution in [0.1, 0.15) is 5.56 Å². The number of rotatable bonds is 1. The Morgan fingerprint density at radius 3 is 2.00 bits per heavy atom. The zero-order chi connectivity index (χ0) is 10.2. The Bertz CT molecular complexity index is 330. The summed E-state index contributed by atoms with van der Waals surface area (Å²) in [6.45, 7) is 0. The molecule has 0 heterocycles. The van der Waals surface area contributed by atoms with E-state index in [1.54, 1.807) is 0 Å². The highest BCUT2D eigenvalue weighted by Crippen LogP contribution is 2.28. The molecule has 0 aliphatic rings. The maximum absolute atomic E-state index is 12.7. The number of benzene rings is 1. The summed E-state index contributed by atoms with van der Waals surface area (Å²) in [6.07, 6.45) is 0. The molecule has 0 radical (unpaired) electrons. The zero-order valence-electron chi connectivity index (χ0n) is 6.54. The van der Waals surface area contributed by atoms with Gasteiger partial charge in [-0.15, -0.1) is 0 Å². The summed E-state index contributed by atoms with van der Waals surface area (Å²) in [5.41, 5.74) is -1.15. The highest BCUT2D eigenvalue weighted by molar-refractivity contribution is 6.13. The lowest BCUT2D eigenvalue weighted by atomic mass is 9.90. The molecule has 0 amide bonds. The van der Waals surface area contributed by atoms with Crippen LogP contribution in [0.3, 0.4) is 0 Å². The first kappa shape index (κ1) is 10.0. The summed E-state index contributed by atoms with van der Waals surface area (Å²) < 4.78 is 62.4. The van der Waals surface area contributed by atoms with Crippen molar-refractivity contribution in [1.82, 2.24) is 0 Å². The molecule has 1 rings (SSSR count). The lowest BCUT2D eigenvalue weighted by Crippen LogP contribution is -2.16. The van der Waals surface area contributed by atoms with E-state index < -0.39 is 28.8 Å². The van der Waals surface area contributed by atoms with Crippen LogP contribution < -0.4 is 0 Å². The molecule has 0 aliphatic carbocycles. The van der Waals surface area contributed by atoms with Crippen LogP contribution in [-0.4, -0.2) is 7.85 Å². The summed E-state index contributed by atoms with van der Waals surface area (Å²) in [5, 5.41) is 0. The summed E-state index contributed by atoms with van der Waals surface area (Å²) in [7, 11) is 0.406. The summed E-state index contributed by atoms with van der Waals surface area (Å²) >= 11 is 0. The molecule has 13 heavy (non-hydrogen) atoms. The third kappa shape index (κ3) is 1.81. The Morgan fingerprint density at radius 2 is 1.54 bits per heavy atom. The number of hydrogen-bond donors (Lipinski definition) is 0. The van der Waals surface area contributed by atoms with Crippen molar-refractivity contribution in [3.8, 4) is 0 Å². The van der Waals surface area contributed by atoms with Crippen LogP contribution in [0.2, 0.25) is 0 Å². The number of hydrogen-bond acceptors (Lipinski definition) is 0. The second-order valence-electron chi connectivity index (χ2n) is 2.61. The van der Waals surface area contributed by atoms with Gasteiger partial charge in [-0.2, -0.15) is 0 Å². The molecule has 6 heteroatoms. The van der Waals surface area contributed by atoms with E-state index in [-0.39, 0.29) is 0 Å². The van der Waals surface area contributed by atoms with Gasteiger partial charge < -0.3 is 0 Å². The lowest BCUT2D eigenvalue weighted by molar-refractivity contribution is 0.0884. The van der Waals surface area contributed by atoms with E-state index in [4.69, 9.17) is 0 Å². The molecule has 0 saturated carbocycles. The molecule has 0 aromatic heterocycles. The minimum Gasteiger partial charge on any atom is -0.213 e. The topological polar surface area (TPSA) is 0 Å². The summed E-state index contributed by atoms with van der Waals surface area (Å²) in [4.78, 5) is 0. The van der Waals surface area contributed by atoms with E-state index in [0.29, 0.717) is 20.0 Å². The van der Waals surface area contributed by atoms with E-state index in [2.05, 4.69) is 0 Å².